The first kappa shape index (κ1) is 11.0. The van der Waals surface area contributed by atoms with Gasteiger partial charge in [-0.15, -0.1) is 0 Å². The summed E-state index contributed by atoms with van der Waals surface area (Å²) in [7, 11) is 1.95. The van der Waals surface area contributed by atoms with E-state index in [0.717, 1.165) is 30.7 Å². The highest BCUT2D eigenvalue weighted by Gasteiger charge is 2.01. The van der Waals surface area contributed by atoms with E-state index in [9.17, 15) is 0 Å². The lowest BCUT2D eigenvalue weighted by atomic mass is 10.1. The largest absolute Gasteiger partial charge is 0.318 e. The average molecular weight is 216 g/mol. The summed E-state index contributed by atoms with van der Waals surface area (Å²) in [4.78, 5) is 8.65. The molecule has 0 amide bonds. The Balaban J connectivity index is 2.11. The zero-order valence-corrected chi connectivity index (χ0v) is 9.40. The van der Waals surface area contributed by atoms with Gasteiger partial charge in [0.25, 0.3) is 0 Å². The second-order valence-electron chi connectivity index (χ2n) is 3.62. The normalized spacial score (nSPS) is 10.8. The molecule has 0 spiro atoms. The molecule has 0 aliphatic carbocycles. The minimum Gasteiger partial charge on any atom is -0.318 e. The van der Waals surface area contributed by atoms with Crippen LogP contribution in [0, 0.1) is 0 Å². The van der Waals surface area contributed by atoms with E-state index >= 15 is 0 Å². The molecule has 0 aliphatic rings. The van der Waals surface area contributed by atoms with Crippen LogP contribution < -0.4 is 10.6 Å². The number of hydrogen-bond donors (Lipinski definition) is 2. The van der Waals surface area contributed by atoms with Crippen molar-refractivity contribution in [3.8, 4) is 0 Å². The molecule has 1 heterocycles. The first-order valence-electron chi connectivity index (χ1n) is 5.46. The van der Waals surface area contributed by atoms with Gasteiger partial charge in [-0.25, -0.2) is 0 Å². The molecule has 2 rings (SSSR count). The van der Waals surface area contributed by atoms with Gasteiger partial charge < -0.3 is 10.6 Å². The molecular weight excluding hydrogens is 200 g/mol. The Morgan fingerprint density at radius 1 is 1.12 bits per heavy atom. The predicted octanol–water partition coefficient (Wildman–Crippen LogP) is 0.939. The number of benzene rings is 1. The molecule has 0 saturated heterocycles. The predicted molar refractivity (Wildman–Crippen MR) is 65.2 cm³/mol. The highest BCUT2D eigenvalue weighted by atomic mass is 14.9. The molecule has 0 saturated carbocycles. The number of rotatable bonds is 5. The van der Waals surface area contributed by atoms with Crippen LogP contribution in [0.15, 0.2) is 30.6 Å². The third-order valence-electron chi connectivity index (χ3n) is 2.45. The second kappa shape index (κ2) is 5.53. The molecule has 0 bridgehead atoms. The van der Waals surface area contributed by atoms with E-state index in [1.807, 2.05) is 19.2 Å². The lowest BCUT2D eigenvalue weighted by Gasteiger charge is -2.06. The Morgan fingerprint density at radius 2 is 2.00 bits per heavy atom. The zero-order valence-electron chi connectivity index (χ0n) is 9.40. The van der Waals surface area contributed by atoms with Gasteiger partial charge in [-0.1, -0.05) is 12.1 Å². The molecule has 2 N–H and O–H groups in total. The van der Waals surface area contributed by atoms with Crippen LogP contribution in [0.5, 0.6) is 0 Å². The minimum absolute atomic E-state index is 0.831. The molecule has 0 atom stereocenters. The number of para-hydroxylation sites is 1. The molecule has 0 radical (unpaired) electrons. The number of likely N-dealkylation sites (N-methyl/N-ethyl adjacent to an activating group) is 1. The third kappa shape index (κ3) is 2.53. The van der Waals surface area contributed by atoms with Gasteiger partial charge in [0.2, 0.25) is 0 Å². The van der Waals surface area contributed by atoms with Crippen molar-refractivity contribution < 1.29 is 0 Å². The van der Waals surface area contributed by atoms with Gasteiger partial charge in [0.05, 0.1) is 11.0 Å². The highest BCUT2D eigenvalue weighted by Crippen LogP contribution is 2.12. The first-order valence-corrected chi connectivity index (χ1v) is 5.46. The fourth-order valence-corrected chi connectivity index (χ4v) is 1.63. The molecule has 4 heteroatoms. The fraction of sp³-hybridized carbons (Fsp3) is 0.333. The van der Waals surface area contributed by atoms with Crippen molar-refractivity contribution in [2.75, 3.05) is 20.1 Å². The molecule has 1 aromatic heterocycles. The Labute approximate surface area is 95.1 Å². The van der Waals surface area contributed by atoms with Crippen molar-refractivity contribution >= 4 is 11.0 Å². The maximum atomic E-state index is 4.36. The third-order valence-corrected chi connectivity index (χ3v) is 2.45. The van der Waals surface area contributed by atoms with E-state index in [1.54, 1.807) is 12.4 Å². The molecular formula is C12H16N4. The molecule has 4 nitrogen and oxygen atoms in total. The number of nitrogens with zero attached hydrogens (tertiary/aromatic N) is 2. The van der Waals surface area contributed by atoms with Crippen molar-refractivity contribution in [2.45, 2.75) is 6.54 Å². The van der Waals surface area contributed by atoms with Crippen LogP contribution in [-0.4, -0.2) is 30.1 Å². The van der Waals surface area contributed by atoms with Crippen molar-refractivity contribution in [1.82, 2.24) is 20.6 Å². The SMILES string of the molecule is CNCCNCc1cccc2nccnc12. The monoisotopic (exact) mass is 216 g/mol. The molecule has 2 aromatic rings. The quantitative estimate of drug-likeness (QED) is 0.730. The summed E-state index contributed by atoms with van der Waals surface area (Å²) in [5.41, 5.74) is 3.14. The van der Waals surface area contributed by atoms with E-state index < -0.39 is 0 Å². The van der Waals surface area contributed by atoms with Crippen molar-refractivity contribution in [3.63, 3.8) is 0 Å². The highest BCUT2D eigenvalue weighted by molar-refractivity contribution is 5.77. The topological polar surface area (TPSA) is 49.8 Å². The summed E-state index contributed by atoms with van der Waals surface area (Å²) in [6.45, 7) is 2.75. The number of fused-ring (bicyclic) bond motifs is 1. The van der Waals surface area contributed by atoms with Gasteiger partial charge in [-0.2, -0.15) is 0 Å². The van der Waals surface area contributed by atoms with E-state index in [1.165, 1.54) is 5.56 Å². The molecule has 84 valence electrons. The standard InChI is InChI=1S/C12H16N4/c1-13-5-6-14-9-10-3-2-4-11-12(10)16-8-7-15-11/h2-4,7-8,13-14H,5-6,9H2,1H3. The molecule has 16 heavy (non-hydrogen) atoms. The van der Waals surface area contributed by atoms with Crippen LogP contribution in [0.2, 0.25) is 0 Å². The van der Waals surface area contributed by atoms with E-state index in [-0.39, 0.29) is 0 Å². The van der Waals surface area contributed by atoms with Gasteiger partial charge in [-0.05, 0) is 18.7 Å². The van der Waals surface area contributed by atoms with Gasteiger partial charge in [0.1, 0.15) is 0 Å². The maximum Gasteiger partial charge on any atom is 0.0931 e. The van der Waals surface area contributed by atoms with Crippen LogP contribution >= 0.6 is 0 Å². The smallest absolute Gasteiger partial charge is 0.0931 e. The van der Waals surface area contributed by atoms with Crippen LogP contribution in [0.1, 0.15) is 5.56 Å². The van der Waals surface area contributed by atoms with Crippen LogP contribution in [0.4, 0.5) is 0 Å². The van der Waals surface area contributed by atoms with Crippen molar-refractivity contribution in [1.29, 1.82) is 0 Å². The van der Waals surface area contributed by atoms with Crippen LogP contribution in [0.3, 0.4) is 0 Å². The van der Waals surface area contributed by atoms with E-state index in [4.69, 9.17) is 0 Å². The summed E-state index contributed by atoms with van der Waals surface area (Å²) in [5.74, 6) is 0. The summed E-state index contributed by atoms with van der Waals surface area (Å²) in [6.07, 6.45) is 3.46. The van der Waals surface area contributed by atoms with E-state index in [2.05, 4.69) is 26.7 Å². The van der Waals surface area contributed by atoms with Crippen molar-refractivity contribution in [2.24, 2.45) is 0 Å². The molecule has 0 fully saturated rings. The van der Waals surface area contributed by atoms with E-state index in [0.29, 0.717) is 0 Å². The van der Waals surface area contributed by atoms with Gasteiger partial charge in [-0.3, -0.25) is 9.97 Å². The molecule has 0 unspecified atom stereocenters. The molecule has 1 aromatic carbocycles. The summed E-state index contributed by atoms with van der Waals surface area (Å²) in [6, 6.07) is 6.09. The Hall–Kier alpha value is -1.52. The fourth-order valence-electron chi connectivity index (χ4n) is 1.63. The van der Waals surface area contributed by atoms with Crippen LogP contribution in [-0.2, 0) is 6.54 Å². The Kier molecular flexibility index (Phi) is 3.80. The summed E-state index contributed by atoms with van der Waals surface area (Å²) < 4.78 is 0. The number of hydrogen-bond acceptors (Lipinski definition) is 4. The number of nitrogens with one attached hydrogen (secondary N) is 2. The average Bonchev–Trinajstić information content (AvgIpc) is 2.35. The number of aromatic nitrogens is 2. The summed E-state index contributed by atoms with van der Waals surface area (Å²) in [5, 5.41) is 6.47. The van der Waals surface area contributed by atoms with Crippen molar-refractivity contribution in [3.05, 3.63) is 36.2 Å². The Bertz CT molecular complexity index is 450. The maximum absolute atomic E-state index is 4.36. The zero-order chi connectivity index (χ0) is 11.2. The van der Waals surface area contributed by atoms with Gasteiger partial charge >= 0.3 is 0 Å². The second-order valence-corrected chi connectivity index (χ2v) is 3.62. The summed E-state index contributed by atoms with van der Waals surface area (Å²) >= 11 is 0. The van der Waals surface area contributed by atoms with Crippen LogP contribution in [0.25, 0.3) is 11.0 Å². The van der Waals surface area contributed by atoms with Gasteiger partial charge in [0.15, 0.2) is 0 Å². The first-order chi connectivity index (χ1) is 7.92. The lowest BCUT2D eigenvalue weighted by molar-refractivity contribution is 0.652. The minimum atomic E-state index is 0.831. The lowest BCUT2D eigenvalue weighted by Crippen LogP contribution is -2.24. The Morgan fingerprint density at radius 3 is 2.88 bits per heavy atom. The molecule has 0 aliphatic heterocycles. The van der Waals surface area contributed by atoms with Gasteiger partial charge in [0, 0.05) is 32.0 Å².